The minimum absolute atomic E-state index is 0.428. The van der Waals surface area contributed by atoms with Gasteiger partial charge in [0.25, 0.3) is 0 Å². The summed E-state index contributed by atoms with van der Waals surface area (Å²) in [5.74, 6) is 1.05. The molecule has 3 atom stereocenters. The van der Waals surface area contributed by atoms with Crippen LogP contribution < -0.4 is 11.1 Å². The minimum atomic E-state index is 0.428. The minimum Gasteiger partial charge on any atom is -0.398 e. The van der Waals surface area contributed by atoms with Crippen molar-refractivity contribution in [1.29, 1.82) is 0 Å². The fourth-order valence-electron chi connectivity index (χ4n) is 4.08. The van der Waals surface area contributed by atoms with Gasteiger partial charge in [-0.05, 0) is 54.1 Å². The summed E-state index contributed by atoms with van der Waals surface area (Å²) in [5.41, 5.74) is 10.7. The van der Waals surface area contributed by atoms with E-state index in [1.165, 1.54) is 29.5 Å². The van der Waals surface area contributed by atoms with Crippen molar-refractivity contribution in [2.45, 2.75) is 24.8 Å². The highest BCUT2D eigenvalue weighted by Crippen LogP contribution is 2.51. The number of nitrogens with one attached hydrogen (secondary N) is 1. The van der Waals surface area contributed by atoms with Crippen molar-refractivity contribution in [3.63, 3.8) is 0 Å². The summed E-state index contributed by atoms with van der Waals surface area (Å²) in [6.07, 6.45) is 2.51. The van der Waals surface area contributed by atoms with E-state index in [2.05, 4.69) is 41.7 Å². The van der Waals surface area contributed by atoms with Crippen LogP contribution in [0.5, 0.6) is 0 Å². The van der Waals surface area contributed by atoms with Gasteiger partial charge in [-0.25, -0.2) is 0 Å². The molecular weight excluding hydrogens is 280 g/mol. The van der Waals surface area contributed by atoms with Crippen molar-refractivity contribution in [2.75, 3.05) is 12.3 Å². The molecule has 3 unspecified atom stereocenters. The summed E-state index contributed by atoms with van der Waals surface area (Å²) in [6, 6.07) is 15.4. The van der Waals surface area contributed by atoms with E-state index in [1.54, 1.807) is 0 Å². The van der Waals surface area contributed by atoms with E-state index >= 15 is 0 Å². The number of nitrogen functional groups attached to an aromatic ring is 1. The molecule has 0 saturated carbocycles. The smallest absolute Gasteiger partial charge is 0.0638 e. The summed E-state index contributed by atoms with van der Waals surface area (Å²) in [4.78, 5) is 0. The Morgan fingerprint density at radius 3 is 2.71 bits per heavy atom. The lowest BCUT2D eigenvalue weighted by molar-refractivity contribution is 0.287. The molecule has 0 amide bonds. The van der Waals surface area contributed by atoms with Crippen molar-refractivity contribution in [2.24, 2.45) is 5.92 Å². The first kappa shape index (κ1) is 13.2. The SMILES string of the molecule is Nc1ccc(C2c3ccccc3C3NCCCC32)cc1Cl. The van der Waals surface area contributed by atoms with Gasteiger partial charge in [0.15, 0.2) is 0 Å². The van der Waals surface area contributed by atoms with Crippen LogP contribution in [0.25, 0.3) is 0 Å². The predicted molar refractivity (Wildman–Crippen MR) is 87.6 cm³/mol. The number of anilines is 1. The molecule has 2 aromatic carbocycles. The van der Waals surface area contributed by atoms with Crippen LogP contribution in [0.2, 0.25) is 5.02 Å². The first-order valence-corrected chi connectivity index (χ1v) is 8.00. The second-order valence-electron chi connectivity index (χ2n) is 6.13. The maximum atomic E-state index is 6.25. The fraction of sp³-hybridized carbons (Fsp3) is 0.333. The van der Waals surface area contributed by atoms with Crippen LogP contribution >= 0.6 is 11.6 Å². The Kier molecular flexibility index (Phi) is 3.16. The van der Waals surface area contributed by atoms with Gasteiger partial charge in [-0.15, -0.1) is 0 Å². The molecule has 108 valence electrons. The third-order valence-corrected chi connectivity index (χ3v) is 5.31. The van der Waals surface area contributed by atoms with E-state index < -0.39 is 0 Å². The molecule has 0 spiro atoms. The summed E-state index contributed by atoms with van der Waals surface area (Å²) >= 11 is 6.25. The normalized spacial score (nSPS) is 27.2. The Labute approximate surface area is 130 Å². The third-order valence-electron chi connectivity index (χ3n) is 4.98. The monoisotopic (exact) mass is 298 g/mol. The predicted octanol–water partition coefficient (Wildman–Crippen LogP) is 4.11. The number of benzene rings is 2. The lowest BCUT2D eigenvalue weighted by Crippen LogP contribution is -2.32. The van der Waals surface area contributed by atoms with E-state index in [9.17, 15) is 0 Å². The maximum Gasteiger partial charge on any atom is 0.0638 e. The average molecular weight is 299 g/mol. The van der Waals surface area contributed by atoms with Crippen LogP contribution in [0.15, 0.2) is 42.5 Å². The molecular formula is C18H19ClN2. The number of hydrogen-bond acceptors (Lipinski definition) is 2. The fourth-order valence-corrected chi connectivity index (χ4v) is 4.27. The van der Waals surface area contributed by atoms with Gasteiger partial charge in [-0.2, -0.15) is 0 Å². The third kappa shape index (κ3) is 2.05. The van der Waals surface area contributed by atoms with Crippen LogP contribution in [-0.4, -0.2) is 6.54 Å². The number of nitrogens with two attached hydrogens (primary N) is 1. The lowest BCUT2D eigenvalue weighted by Gasteiger charge is -2.31. The number of fused-ring (bicyclic) bond motifs is 3. The number of hydrogen-bond donors (Lipinski definition) is 2. The Hall–Kier alpha value is -1.51. The molecule has 0 aromatic heterocycles. The zero-order chi connectivity index (χ0) is 14.4. The highest BCUT2D eigenvalue weighted by Gasteiger charge is 2.42. The van der Waals surface area contributed by atoms with Gasteiger partial charge in [0.2, 0.25) is 0 Å². The molecule has 1 aliphatic carbocycles. The van der Waals surface area contributed by atoms with Crippen molar-refractivity contribution in [3.05, 3.63) is 64.2 Å². The second-order valence-corrected chi connectivity index (χ2v) is 6.53. The van der Waals surface area contributed by atoms with Crippen molar-refractivity contribution in [3.8, 4) is 0 Å². The van der Waals surface area contributed by atoms with Crippen molar-refractivity contribution >= 4 is 17.3 Å². The van der Waals surface area contributed by atoms with Crippen LogP contribution in [0.4, 0.5) is 5.69 Å². The Bertz CT molecular complexity index is 683. The highest BCUT2D eigenvalue weighted by atomic mass is 35.5. The van der Waals surface area contributed by atoms with Gasteiger partial charge in [-0.1, -0.05) is 41.9 Å². The lowest BCUT2D eigenvalue weighted by atomic mass is 9.80. The van der Waals surface area contributed by atoms with Crippen LogP contribution in [0.3, 0.4) is 0 Å². The van der Waals surface area contributed by atoms with Crippen LogP contribution in [-0.2, 0) is 0 Å². The average Bonchev–Trinajstić information content (AvgIpc) is 2.85. The van der Waals surface area contributed by atoms with Crippen LogP contribution in [0, 0.1) is 5.92 Å². The first-order valence-electron chi connectivity index (χ1n) is 7.63. The summed E-state index contributed by atoms with van der Waals surface area (Å²) in [5, 5.41) is 4.37. The number of piperidine rings is 1. The maximum absolute atomic E-state index is 6.25. The molecule has 3 N–H and O–H groups in total. The van der Waals surface area contributed by atoms with E-state index in [0.29, 0.717) is 28.6 Å². The molecule has 0 radical (unpaired) electrons. The topological polar surface area (TPSA) is 38.0 Å². The summed E-state index contributed by atoms with van der Waals surface area (Å²) < 4.78 is 0. The molecule has 2 aliphatic rings. The molecule has 0 bridgehead atoms. The quantitative estimate of drug-likeness (QED) is 0.778. The molecule has 2 nitrogen and oxygen atoms in total. The standard InChI is InChI=1S/C18H19ClN2/c19-15-10-11(7-8-16(15)20)17-12-4-1-2-5-13(12)18-14(17)6-3-9-21-18/h1-2,4-5,7-8,10,14,17-18,21H,3,6,9,20H2. The number of rotatable bonds is 1. The van der Waals surface area contributed by atoms with E-state index in [-0.39, 0.29) is 0 Å². The van der Waals surface area contributed by atoms with Crippen molar-refractivity contribution in [1.82, 2.24) is 5.32 Å². The Morgan fingerprint density at radius 1 is 1.10 bits per heavy atom. The van der Waals surface area contributed by atoms with Gasteiger partial charge in [-0.3, -0.25) is 0 Å². The van der Waals surface area contributed by atoms with Gasteiger partial charge >= 0.3 is 0 Å². The molecule has 4 rings (SSSR count). The van der Waals surface area contributed by atoms with E-state index in [1.807, 2.05) is 6.07 Å². The largest absolute Gasteiger partial charge is 0.398 e. The molecule has 2 aromatic rings. The first-order chi connectivity index (χ1) is 10.3. The van der Waals surface area contributed by atoms with Gasteiger partial charge in [0, 0.05) is 12.0 Å². The Balaban J connectivity index is 1.84. The summed E-state index contributed by atoms with van der Waals surface area (Å²) in [7, 11) is 0. The number of halogens is 1. The van der Waals surface area contributed by atoms with E-state index in [4.69, 9.17) is 17.3 Å². The molecule has 1 heterocycles. The van der Waals surface area contributed by atoms with Gasteiger partial charge in [0.05, 0.1) is 10.7 Å². The highest BCUT2D eigenvalue weighted by molar-refractivity contribution is 6.33. The van der Waals surface area contributed by atoms with Gasteiger partial charge < -0.3 is 11.1 Å². The summed E-state index contributed by atoms with van der Waals surface area (Å²) in [6.45, 7) is 1.12. The molecule has 1 fully saturated rings. The zero-order valence-corrected chi connectivity index (χ0v) is 12.6. The van der Waals surface area contributed by atoms with Crippen LogP contribution in [0.1, 0.15) is 41.5 Å². The van der Waals surface area contributed by atoms with E-state index in [0.717, 1.165) is 6.54 Å². The van der Waals surface area contributed by atoms with Crippen molar-refractivity contribution < 1.29 is 0 Å². The Morgan fingerprint density at radius 2 is 1.90 bits per heavy atom. The molecule has 1 aliphatic heterocycles. The second kappa shape index (κ2) is 5.04. The molecule has 1 saturated heterocycles. The molecule has 21 heavy (non-hydrogen) atoms. The van der Waals surface area contributed by atoms with Gasteiger partial charge in [0.1, 0.15) is 0 Å². The molecule has 3 heteroatoms. The zero-order valence-electron chi connectivity index (χ0n) is 11.9.